The number of esters is 1. The van der Waals surface area contributed by atoms with Crippen LogP contribution in [0.2, 0.25) is 0 Å². The molecule has 0 aromatic heterocycles. The number of hydrogen-bond acceptors (Lipinski definition) is 9. The molecular formula is C44H86O9. The van der Waals surface area contributed by atoms with Crippen LogP contribution in [0.3, 0.4) is 0 Å². The van der Waals surface area contributed by atoms with E-state index in [0.29, 0.717) is 13.0 Å². The summed E-state index contributed by atoms with van der Waals surface area (Å²) in [4.78, 5) is 12.8. The fourth-order valence-corrected chi connectivity index (χ4v) is 7.20. The molecule has 1 rings (SSSR count). The van der Waals surface area contributed by atoms with Gasteiger partial charge in [-0.15, -0.1) is 0 Å². The van der Waals surface area contributed by atoms with Crippen molar-refractivity contribution in [2.24, 2.45) is 0 Å². The fraction of sp³-hybridized carbons (Fsp3) is 0.977. The molecule has 9 nitrogen and oxygen atoms in total. The second-order valence-electron chi connectivity index (χ2n) is 15.9. The highest BCUT2D eigenvalue weighted by atomic mass is 16.7. The summed E-state index contributed by atoms with van der Waals surface area (Å²) in [5.41, 5.74) is 0. The summed E-state index contributed by atoms with van der Waals surface area (Å²) in [6.45, 7) is 4.60. The summed E-state index contributed by atoms with van der Waals surface area (Å²) in [6.07, 6.45) is 31.2. The van der Waals surface area contributed by atoms with E-state index in [0.717, 1.165) is 32.1 Å². The zero-order chi connectivity index (χ0) is 38.6. The zero-order valence-corrected chi connectivity index (χ0v) is 34.5. The van der Waals surface area contributed by atoms with Crippen LogP contribution in [0.4, 0.5) is 0 Å². The quantitative estimate of drug-likeness (QED) is 0.0357. The van der Waals surface area contributed by atoms with Crippen LogP contribution >= 0.6 is 0 Å². The average Bonchev–Trinajstić information content (AvgIpc) is 3.16. The predicted molar refractivity (Wildman–Crippen MR) is 215 cm³/mol. The van der Waals surface area contributed by atoms with Gasteiger partial charge in [0.15, 0.2) is 6.29 Å². The summed E-state index contributed by atoms with van der Waals surface area (Å²) < 4.78 is 22.8. The highest BCUT2D eigenvalue weighted by molar-refractivity contribution is 5.69. The summed E-state index contributed by atoms with van der Waals surface area (Å²) in [6, 6.07) is 0. The SMILES string of the molecule is CCCCCCCCCCCCCCCCCCCC(=O)OC(COCCCCCCCCCCCCCCC)COC1OC(CO)C(O)C(O)C1O. The lowest BCUT2D eigenvalue weighted by atomic mass is 9.99. The molecule has 53 heavy (non-hydrogen) atoms. The van der Waals surface area contributed by atoms with E-state index >= 15 is 0 Å². The normalized spacial score (nSPS) is 20.9. The maximum atomic E-state index is 12.8. The first-order chi connectivity index (χ1) is 25.9. The number of ether oxygens (including phenoxy) is 4. The molecule has 6 atom stereocenters. The fourth-order valence-electron chi connectivity index (χ4n) is 7.20. The average molecular weight is 759 g/mol. The van der Waals surface area contributed by atoms with Crippen LogP contribution in [0.1, 0.15) is 213 Å². The number of carbonyl (C=O) groups is 1. The highest BCUT2D eigenvalue weighted by Gasteiger charge is 2.44. The van der Waals surface area contributed by atoms with Crippen molar-refractivity contribution >= 4 is 5.97 Å². The van der Waals surface area contributed by atoms with Gasteiger partial charge in [0.25, 0.3) is 0 Å². The number of carbonyl (C=O) groups excluding carboxylic acids is 1. The van der Waals surface area contributed by atoms with Gasteiger partial charge in [-0.2, -0.15) is 0 Å². The van der Waals surface area contributed by atoms with E-state index in [2.05, 4.69) is 13.8 Å². The molecule has 0 radical (unpaired) electrons. The molecule has 9 heteroatoms. The molecule has 316 valence electrons. The number of aliphatic hydroxyl groups is 4. The van der Waals surface area contributed by atoms with Gasteiger partial charge in [0.05, 0.1) is 19.8 Å². The second kappa shape index (κ2) is 36.8. The molecule has 1 heterocycles. The lowest BCUT2D eigenvalue weighted by Gasteiger charge is -2.39. The molecule has 1 fully saturated rings. The van der Waals surface area contributed by atoms with Crippen molar-refractivity contribution in [1.29, 1.82) is 0 Å². The Hall–Kier alpha value is -0.810. The first-order valence-electron chi connectivity index (χ1n) is 22.6. The third-order valence-electron chi connectivity index (χ3n) is 10.8. The Kier molecular flexibility index (Phi) is 34.9. The largest absolute Gasteiger partial charge is 0.457 e. The van der Waals surface area contributed by atoms with Crippen molar-refractivity contribution in [2.75, 3.05) is 26.4 Å². The van der Waals surface area contributed by atoms with E-state index in [1.165, 1.54) is 161 Å². The third kappa shape index (κ3) is 28.3. The monoisotopic (exact) mass is 759 g/mol. The maximum Gasteiger partial charge on any atom is 0.306 e. The minimum Gasteiger partial charge on any atom is -0.457 e. The standard InChI is InChI=1S/C44H86O9/c1-3-5-7-9-11-13-15-17-18-19-20-21-23-25-27-29-31-33-40(46)52-38(37-51-44-43(49)42(48)41(47)39(35-45)53-44)36-50-34-32-30-28-26-24-22-16-14-12-10-8-6-4-2/h38-39,41-45,47-49H,3-37H2,1-2H3. The van der Waals surface area contributed by atoms with Crippen LogP contribution in [0.25, 0.3) is 0 Å². The highest BCUT2D eigenvalue weighted by Crippen LogP contribution is 2.23. The summed E-state index contributed by atoms with van der Waals surface area (Å²) in [5, 5.41) is 40.1. The van der Waals surface area contributed by atoms with Crippen molar-refractivity contribution < 1.29 is 44.2 Å². The minimum atomic E-state index is -1.53. The van der Waals surface area contributed by atoms with Crippen LogP contribution in [0.5, 0.6) is 0 Å². The van der Waals surface area contributed by atoms with Gasteiger partial charge in [-0.05, 0) is 12.8 Å². The molecule has 0 aliphatic carbocycles. The van der Waals surface area contributed by atoms with Crippen molar-refractivity contribution in [2.45, 2.75) is 250 Å². The van der Waals surface area contributed by atoms with Crippen molar-refractivity contribution in [3.63, 3.8) is 0 Å². The molecule has 1 saturated heterocycles. The van der Waals surface area contributed by atoms with Crippen molar-refractivity contribution in [1.82, 2.24) is 0 Å². The van der Waals surface area contributed by atoms with Crippen LogP contribution in [0, 0.1) is 0 Å². The van der Waals surface area contributed by atoms with Crippen molar-refractivity contribution in [3.8, 4) is 0 Å². The molecule has 0 amide bonds. The number of unbranched alkanes of at least 4 members (excludes halogenated alkanes) is 28. The second-order valence-corrected chi connectivity index (χ2v) is 15.9. The minimum absolute atomic E-state index is 0.105. The van der Waals surface area contributed by atoms with Gasteiger partial charge in [-0.1, -0.05) is 194 Å². The predicted octanol–water partition coefficient (Wildman–Crippen LogP) is 9.86. The molecule has 6 unspecified atom stereocenters. The van der Waals surface area contributed by atoms with Crippen LogP contribution < -0.4 is 0 Å². The van der Waals surface area contributed by atoms with E-state index in [1.54, 1.807) is 0 Å². The van der Waals surface area contributed by atoms with Gasteiger partial charge in [0.2, 0.25) is 0 Å². The molecule has 0 saturated carbocycles. The molecular weight excluding hydrogens is 672 g/mol. The van der Waals surface area contributed by atoms with Crippen LogP contribution in [-0.2, 0) is 23.7 Å². The molecule has 1 aliphatic rings. The first-order valence-corrected chi connectivity index (χ1v) is 22.6. The number of hydrogen-bond donors (Lipinski definition) is 4. The molecule has 4 N–H and O–H groups in total. The van der Waals surface area contributed by atoms with Gasteiger partial charge in [0, 0.05) is 13.0 Å². The Balaban J connectivity index is 2.24. The lowest BCUT2D eigenvalue weighted by molar-refractivity contribution is -0.305. The zero-order valence-electron chi connectivity index (χ0n) is 34.5. The summed E-state index contributed by atoms with van der Waals surface area (Å²) >= 11 is 0. The van der Waals surface area contributed by atoms with E-state index in [-0.39, 0.29) is 19.2 Å². The van der Waals surface area contributed by atoms with Crippen LogP contribution in [-0.4, -0.2) is 89.6 Å². The maximum absolute atomic E-state index is 12.8. The van der Waals surface area contributed by atoms with Gasteiger partial charge in [-0.3, -0.25) is 4.79 Å². The first kappa shape index (κ1) is 50.2. The van der Waals surface area contributed by atoms with Crippen molar-refractivity contribution in [3.05, 3.63) is 0 Å². The van der Waals surface area contributed by atoms with E-state index in [9.17, 15) is 25.2 Å². The van der Waals surface area contributed by atoms with Gasteiger partial charge in [0.1, 0.15) is 30.5 Å². The topological polar surface area (TPSA) is 135 Å². The Morgan fingerprint density at radius 3 is 1.34 bits per heavy atom. The van der Waals surface area contributed by atoms with E-state index in [1.807, 2.05) is 0 Å². The third-order valence-corrected chi connectivity index (χ3v) is 10.8. The molecule has 0 bridgehead atoms. The van der Waals surface area contributed by atoms with E-state index in [4.69, 9.17) is 18.9 Å². The van der Waals surface area contributed by atoms with Gasteiger partial charge < -0.3 is 39.4 Å². The van der Waals surface area contributed by atoms with Crippen LogP contribution in [0.15, 0.2) is 0 Å². The molecule has 0 spiro atoms. The number of rotatable bonds is 39. The summed E-state index contributed by atoms with van der Waals surface area (Å²) in [7, 11) is 0. The summed E-state index contributed by atoms with van der Waals surface area (Å²) in [5.74, 6) is -0.307. The Morgan fingerprint density at radius 1 is 0.528 bits per heavy atom. The smallest absolute Gasteiger partial charge is 0.306 e. The molecule has 0 aromatic rings. The Morgan fingerprint density at radius 2 is 0.925 bits per heavy atom. The lowest BCUT2D eigenvalue weighted by Crippen LogP contribution is -2.59. The van der Waals surface area contributed by atoms with Gasteiger partial charge in [-0.25, -0.2) is 0 Å². The molecule has 0 aromatic carbocycles. The van der Waals surface area contributed by atoms with E-state index < -0.39 is 43.4 Å². The van der Waals surface area contributed by atoms with Gasteiger partial charge >= 0.3 is 5.97 Å². The Bertz CT molecular complexity index is 782. The Labute approximate surface area is 325 Å². The molecule has 1 aliphatic heterocycles. The number of aliphatic hydroxyl groups excluding tert-OH is 4.